The van der Waals surface area contributed by atoms with E-state index in [9.17, 15) is 0 Å². The molecule has 0 atom stereocenters. The standard InChI is InChI=1S/C17H24N4.2C2H2O4/c1-4-21(5-2)12-11-18-17-14(3)13-16(19-20-17)15-9-7-6-8-10-15;2*3-1(4)2(5)6/h6-10,13H,4-5,11-12H2,1-3H3,(H,18,20);2*(H,3,4)(H,5,6)/p-4. The largest absolute Gasteiger partial charge is 0.543 e. The van der Waals surface area contributed by atoms with Crippen LogP contribution < -0.4 is 25.7 Å². The van der Waals surface area contributed by atoms with Crippen LogP contribution in [0.15, 0.2) is 36.4 Å². The summed E-state index contributed by atoms with van der Waals surface area (Å²) in [5, 5.41) is 47.7. The van der Waals surface area contributed by atoms with Crippen molar-refractivity contribution in [3.05, 3.63) is 42.0 Å². The Morgan fingerprint density at radius 3 is 1.73 bits per heavy atom. The molecule has 0 aliphatic carbocycles. The molecule has 0 saturated carbocycles. The minimum atomic E-state index is -2.19. The number of hydrogen-bond acceptors (Lipinski definition) is 12. The fourth-order valence-electron chi connectivity index (χ4n) is 2.28. The van der Waals surface area contributed by atoms with Crippen LogP contribution in [-0.4, -0.2) is 65.2 Å². The highest BCUT2D eigenvalue weighted by Gasteiger charge is 2.05. The molecule has 1 N–H and O–H groups in total. The summed E-state index contributed by atoms with van der Waals surface area (Å²) in [4.78, 5) is 38.1. The lowest BCUT2D eigenvalue weighted by molar-refractivity contribution is -0.345. The topological polar surface area (TPSA) is 202 Å². The number of nitrogens with one attached hydrogen (secondary N) is 1. The van der Waals surface area contributed by atoms with Crippen molar-refractivity contribution in [2.75, 3.05) is 31.5 Å². The van der Waals surface area contributed by atoms with Gasteiger partial charge in [-0.05, 0) is 31.6 Å². The number of hydrogen-bond donors (Lipinski definition) is 1. The molecule has 2 rings (SSSR count). The molecule has 1 heterocycles. The molecule has 33 heavy (non-hydrogen) atoms. The van der Waals surface area contributed by atoms with Crippen molar-refractivity contribution >= 4 is 29.7 Å². The van der Waals surface area contributed by atoms with Gasteiger partial charge in [0.15, 0.2) is 5.82 Å². The van der Waals surface area contributed by atoms with Crippen molar-refractivity contribution in [2.45, 2.75) is 20.8 Å². The van der Waals surface area contributed by atoms with E-state index >= 15 is 0 Å². The summed E-state index contributed by atoms with van der Waals surface area (Å²) < 4.78 is 0. The van der Waals surface area contributed by atoms with E-state index in [0.717, 1.165) is 48.8 Å². The summed E-state index contributed by atoms with van der Waals surface area (Å²) in [6.07, 6.45) is 0. The Morgan fingerprint density at radius 2 is 1.33 bits per heavy atom. The van der Waals surface area contributed by atoms with Crippen LogP contribution in [-0.2, 0) is 19.2 Å². The van der Waals surface area contributed by atoms with Crippen LogP contribution in [0, 0.1) is 6.92 Å². The first-order valence-electron chi connectivity index (χ1n) is 9.73. The summed E-state index contributed by atoms with van der Waals surface area (Å²) >= 11 is 0. The van der Waals surface area contributed by atoms with Crippen molar-refractivity contribution < 1.29 is 39.6 Å². The molecule has 0 fully saturated rings. The molecule has 0 radical (unpaired) electrons. The number of aryl methyl sites for hydroxylation is 1. The maximum atomic E-state index is 8.93. The fourth-order valence-corrected chi connectivity index (χ4v) is 2.28. The maximum Gasteiger partial charge on any atom is 0.151 e. The zero-order valence-electron chi connectivity index (χ0n) is 18.4. The lowest BCUT2D eigenvalue weighted by Gasteiger charge is -2.18. The number of likely N-dealkylation sites (N-methyl/N-ethyl adjacent to an activating group) is 1. The van der Waals surface area contributed by atoms with E-state index in [1.807, 2.05) is 18.2 Å². The molecule has 0 saturated heterocycles. The predicted octanol–water partition coefficient (Wildman–Crippen LogP) is -3.82. The van der Waals surface area contributed by atoms with Gasteiger partial charge in [0.1, 0.15) is 0 Å². The molecule has 12 heteroatoms. The smallest absolute Gasteiger partial charge is 0.151 e. The number of carbonyl (C=O) groups is 4. The second kappa shape index (κ2) is 15.7. The zero-order chi connectivity index (χ0) is 25.4. The molecule has 12 nitrogen and oxygen atoms in total. The number of aromatic nitrogens is 2. The monoisotopic (exact) mass is 460 g/mol. The van der Waals surface area contributed by atoms with Crippen molar-refractivity contribution in [1.82, 2.24) is 15.1 Å². The molecule has 1 aromatic carbocycles. The van der Waals surface area contributed by atoms with Crippen molar-refractivity contribution in [3.63, 3.8) is 0 Å². The normalized spacial score (nSPS) is 9.58. The number of rotatable bonds is 7. The van der Waals surface area contributed by atoms with Gasteiger partial charge in [0.05, 0.1) is 29.6 Å². The molecular weight excluding hydrogens is 436 g/mol. The average Bonchev–Trinajstić information content (AvgIpc) is 2.79. The Balaban J connectivity index is 0.000000705. The highest BCUT2D eigenvalue weighted by molar-refractivity contribution is 6.25. The first-order valence-corrected chi connectivity index (χ1v) is 9.73. The number of aliphatic carboxylic acids is 4. The Hall–Kier alpha value is -4.06. The van der Waals surface area contributed by atoms with E-state index in [0.29, 0.717) is 0 Å². The van der Waals surface area contributed by atoms with Crippen LogP contribution in [0.2, 0.25) is 0 Å². The Bertz CT molecular complexity index is 870. The third-order valence-electron chi connectivity index (χ3n) is 4.00. The molecule has 0 aliphatic rings. The van der Waals surface area contributed by atoms with Crippen molar-refractivity contribution in [2.24, 2.45) is 0 Å². The summed E-state index contributed by atoms with van der Waals surface area (Å²) in [6, 6.07) is 12.2. The molecule has 2 aromatic rings. The van der Waals surface area contributed by atoms with Crippen LogP contribution in [0.5, 0.6) is 0 Å². The lowest BCUT2D eigenvalue weighted by Crippen LogP contribution is -2.42. The quantitative estimate of drug-likeness (QED) is 0.395. The van der Waals surface area contributed by atoms with Crippen LogP contribution in [0.3, 0.4) is 0 Å². The lowest BCUT2D eigenvalue weighted by atomic mass is 10.1. The van der Waals surface area contributed by atoms with Gasteiger partial charge in [-0.25, -0.2) is 0 Å². The number of carboxylic acids is 4. The van der Waals surface area contributed by atoms with Gasteiger partial charge in [0.2, 0.25) is 0 Å². The van der Waals surface area contributed by atoms with E-state index in [4.69, 9.17) is 39.6 Å². The summed E-state index contributed by atoms with van der Waals surface area (Å²) in [5.41, 5.74) is 3.15. The van der Waals surface area contributed by atoms with Crippen LogP contribution in [0.4, 0.5) is 5.82 Å². The summed E-state index contributed by atoms with van der Waals surface area (Å²) in [6.45, 7) is 10.5. The molecular formula is C21H24N4O8-4. The van der Waals surface area contributed by atoms with Gasteiger partial charge in [-0.15, -0.1) is 10.2 Å². The van der Waals surface area contributed by atoms with Gasteiger partial charge in [0.25, 0.3) is 0 Å². The molecule has 0 spiro atoms. The minimum Gasteiger partial charge on any atom is -0.543 e. The number of nitrogens with zero attached hydrogens (tertiary/aromatic N) is 3. The fraction of sp³-hybridized carbons (Fsp3) is 0.333. The second-order valence-electron chi connectivity index (χ2n) is 6.23. The van der Waals surface area contributed by atoms with E-state index < -0.39 is 23.9 Å². The third kappa shape index (κ3) is 12.4. The Kier molecular flexibility index (Phi) is 13.8. The average molecular weight is 460 g/mol. The molecule has 0 amide bonds. The Morgan fingerprint density at radius 1 is 0.848 bits per heavy atom. The van der Waals surface area contributed by atoms with E-state index in [2.05, 4.69) is 59.4 Å². The number of carboxylic acid groups (broad SMARTS) is 4. The van der Waals surface area contributed by atoms with Gasteiger partial charge < -0.3 is 49.8 Å². The van der Waals surface area contributed by atoms with Crippen LogP contribution >= 0.6 is 0 Å². The van der Waals surface area contributed by atoms with Gasteiger partial charge >= 0.3 is 0 Å². The molecule has 180 valence electrons. The van der Waals surface area contributed by atoms with Gasteiger partial charge in [0, 0.05) is 18.7 Å². The first-order chi connectivity index (χ1) is 15.5. The Labute approximate surface area is 190 Å². The third-order valence-corrected chi connectivity index (χ3v) is 4.00. The van der Waals surface area contributed by atoms with E-state index in [-0.39, 0.29) is 0 Å². The van der Waals surface area contributed by atoms with Crippen molar-refractivity contribution in [3.8, 4) is 11.3 Å². The van der Waals surface area contributed by atoms with E-state index in [1.165, 1.54) is 0 Å². The minimum absolute atomic E-state index is 0.877. The predicted molar refractivity (Wildman–Crippen MR) is 109 cm³/mol. The molecule has 0 aliphatic heterocycles. The van der Waals surface area contributed by atoms with E-state index in [1.54, 1.807) is 0 Å². The highest BCUT2D eigenvalue weighted by atomic mass is 16.4. The maximum absolute atomic E-state index is 8.93. The SMILES string of the molecule is CCN(CC)CCNc1nnc(-c2ccccc2)cc1C.O=C([O-])C(=O)[O-].O=C([O-])C(=O)[O-]. The van der Waals surface area contributed by atoms with Gasteiger partial charge in [-0.2, -0.15) is 0 Å². The van der Waals surface area contributed by atoms with Gasteiger partial charge in [-0.3, -0.25) is 0 Å². The molecule has 1 aromatic heterocycles. The van der Waals surface area contributed by atoms with Gasteiger partial charge in [-0.1, -0.05) is 44.2 Å². The first kappa shape index (κ1) is 28.9. The highest BCUT2D eigenvalue weighted by Crippen LogP contribution is 2.19. The number of benzene rings is 1. The van der Waals surface area contributed by atoms with Crippen LogP contribution in [0.25, 0.3) is 11.3 Å². The molecule has 0 bridgehead atoms. The number of anilines is 1. The van der Waals surface area contributed by atoms with Crippen molar-refractivity contribution in [1.29, 1.82) is 0 Å². The molecule has 0 unspecified atom stereocenters. The zero-order valence-corrected chi connectivity index (χ0v) is 18.4. The summed E-state index contributed by atoms with van der Waals surface area (Å²) in [7, 11) is 0. The number of carbonyl (C=O) groups excluding carboxylic acids is 4. The summed E-state index contributed by atoms with van der Waals surface area (Å²) in [5.74, 6) is -7.86. The van der Waals surface area contributed by atoms with Crippen LogP contribution in [0.1, 0.15) is 19.4 Å². The second-order valence-corrected chi connectivity index (χ2v) is 6.23.